The Kier molecular flexibility index (Phi) is 8.53. The number of halogens is 1. The summed E-state index contributed by atoms with van der Waals surface area (Å²) >= 11 is 6.64. The number of ether oxygens (including phenoxy) is 2. The Morgan fingerprint density at radius 3 is 1.11 bits per heavy atom. The first-order chi connectivity index (χ1) is 20.7. The molecule has 6 heteroatoms. The summed E-state index contributed by atoms with van der Waals surface area (Å²) in [5.41, 5.74) is 8.76. The van der Waals surface area contributed by atoms with Crippen LogP contribution < -0.4 is 0 Å². The molecule has 0 saturated heterocycles. The molecule has 3 aromatic rings. The lowest BCUT2D eigenvalue weighted by molar-refractivity contribution is 0.317. The van der Waals surface area contributed by atoms with Crippen molar-refractivity contribution in [3.05, 3.63) is 98.3 Å². The van der Waals surface area contributed by atoms with E-state index in [4.69, 9.17) is 36.0 Å². The maximum Gasteiger partial charge on any atom is 0.236 e. The third-order valence-electron chi connectivity index (χ3n) is 8.67. The van der Waals surface area contributed by atoms with Crippen molar-refractivity contribution in [1.82, 2.24) is 4.98 Å². The van der Waals surface area contributed by atoms with E-state index in [1.807, 2.05) is 0 Å². The highest BCUT2D eigenvalue weighted by Crippen LogP contribution is 2.37. The molecule has 0 fully saturated rings. The Bertz CT molecular complexity index is 1480. The largest absolute Gasteiger partial charge is 0.474 e. The molecule has 2 aliphatic heterocycles. The molecule has 0 amide bonds. The topological polar surface area (TPSA) is 56.1 Å². The quantitative estimate of drug-likeness (QED) is 0.289. The fourth-order valence-corrected chi connectivity index (χ4v) is 5.71. The molecule has 0 N–H and O–H groups in total. The maximum atomic E-state index is 6.64. The molecule has 5 rings (SSSR count). The van der Waals surface area contributed by atoms with Gasteiger partial charge in [-0.3, -0.25) is 0 Å². The number of aliphatic imine (C=N–C) groups is 2. The summed E-state index contributed by atoms with van der Waals surface area (Å²) in [7, 11) is 0. The summed E-state index contributed by atoms with van der Waals surface area (Å²) in [4.78, 5) is 14.9. The van der Waals surface area contributed by atoms with Crippen LogP contribution in [0.2, 0.25) is 5.02 Å². The first-order valence-corrected chi connectivity index (χ1v) is 16.5. The molecule has 45 heavy (non-hydrogen) atoms. The van der Waals surface area contributed by atoms with Crippen molar-refractivity contribution in [3.8, 4) is 0 Å². The Balaban J connectivity index is 1.46. The molecule has 240 valence electrons. The highest BCUT2D eigenvalue weighted by molar-refractivity contribution is 6.31. The number of pyridine rings is 1. The number of nitrogens with zero attached hydrogens (tertiary/aromatic N) is 3. The zero-order chi connectivity index (χ0) is 33.1. The number of rotatable bonds is 4. The maximum absolute atomic E-state index is 6.64. The molecular weight excluding hydrogens is 578 g/mol. The lowest BCUT2D eigenvalue weighted by Crippen LogP contribution is -2.17. The molecule has 3 heterocycles. The summed E-state index contributed by atoms with van der Waals surface area (Å²) in [6.07, 6.45) is 0. The average Bonchev–Trinajstić information content (AvgIpc) is 3.61. The highest BCUT2D eigenvalue weighted by Gasteiger charge is 2.30. The number of benzene rings is 2. The molecule has 0 spiro atoms. The smallest absolute Gasteiger partial charge is 0.236 e. The van der Waals surface area contributed by atoms with Gasteiger partial charge in [0.05, 0.1) is 0 Å². The van der Waals surface area contributed by atoms with Crippen LogP contribution in [0.25, 0.3) is 0 Å². The second-order valence-corrected chi connectivity index (χ2v) is 17.2. The van der Waals surface area contributed by atoms with Crippen molar-refractivity contribution >= 4 is 23.4 Å². The van der Waals surface area contributed by atoms with Gasteiger partial charge in [-0.05, 0) is 67.2 Å². The Morgan fingerprint density at radius 2 is 0.822 bits per heavy atom. The Hall–Kier alpha value is -3.18. The van der Waals surface area contributed by atoms with Crippen LogP contribution in [-0.4, -0.2) is 30.0 Å². The van der Waals surface area contributed by atoms with E-state index in [0.29, 0.717) is 41.4 Å². The minimum absolute atomic E-state index is 0.0215. The van der Waals surface area contributed by atoms with Crippen LogP contribution in [0.5, 0.6) is 0 Å². The molecule has 2 aromatic carbocycles. The predicted molar refractivity (Wildman–Crippen MR) is 187 cm³/mol. The van der Waals surface area contributed by atoms with Crippen molar-refractivity contribution in [2.75, 3.05) is 13.2 Å². The van der Waals surface area contributed by atoms with Crippen molar-refractivity contribution in [2.45, 2.75) is 117 Å². The number of aromatic nitrogens is 1. The van der Waals surface area contributed by atoms with Gasteiger partial charge in [0.2, 0.25) is 11.8 Å². The summed E-state index contributed by atoms with van der Waals surface area (Å²) in [6.45, 7) is 27.9. The van der Waals surface area contributed by atoms with Crippen LogP contribution in [0, 0.1) is 0 Å². The fourth-order valence-electron chi connectivity index (χ4n) is 5.51. The van der Waals surface area contributed by atoms with E-state index in [-0.39, 0.29) is 33.7 Å². The van der Waals surface area contributed by atoms with Gasteiger partial charge in [-0.15, -0.1) is 0 Å². The zero-order valence-electron chi connectivity index (χ0n) is 29.2. The molecule has 1 aromatic heterocycles. The molecule has 5 nitrogen and oxygen atoms in total. The van der Waals surface area contributed by atoms with Crippen LogP contribution in [0.1, 0.15) is 140 Å². The number of hydrogen-bond donors (Lipinski definition) is 0. The van der Waals surface area contributed by atoms with E-state index in [9.17, 15) is 0 Å². The summed E-state index contributed by atoms with van der Waals surface area (Å²) < 4.78 is 12.3. The van der Waals surface area contributed by atoms with Crippen LogP contribution in [0.15, 0.2) is 58.5 Å². The van der Waals surface area contributed by atoms with E-state index in [1.54, 1.807) is 12.1 Å². The minimum atomic E-state index is -0.121. The summed E-state index contributed by atoms with van der Waals surface area (Å²) in [6, 6.07) is 17.1. The van der Waals surface area contributed by atoms with Crippen molar-refractivity contribution in [1.29, 1.82) is 0 Å². The van der Waals surface area contributed by atoms with E-state index < -0.39 is 0 Å². The molecule has 0 bridgehead atoms. The van der Waals surface area contributed by atoms with Gasteiger partial charge < -0.3 is 9.47 Å². The molecule has 0 unspecified atom stereocenters. The van der Waals surface area contributed by atoms with E-state index in [0.717, 1.165) is 11.1 Å². The SMILES string of the molecule is CC(C)(C)c1cc([C@@H]2COC(c3cc(Cl)cc(C4=N[C@H](c5cc(C(C)(C)C)cc(C(C)(C)C)c5)CO4)n3)=N2)cc(C(C)(C)C)c1. The second kappa shape index (κ2) is 11.6. The van der Waals surface area contributed by atoms with Gasteiger partial charge in [-0.25, -0.2) is 15.0 Å². The molecular formula is C39H50ClN3O2. The van der Waals surface area contributed by atoms with Gasteiger partial charge in [0, 0.05) is 5.02 Å². The van der Waals surface area contributed by atoms with Crippen molar-refractivity contribution in [2.24, 2.45) is 9.98 Å². The van der Waals surface area contributed by atoms with Crippen LogP contribution in [0.4, 0.5) is 0 Å². The third kappa shape index (κ3) is 7.46. The third-order valence-corrected chi connectivity index (χ3v) is 8.89. The average molecular weight is 628 g/mol. The van der Waals surface area contributed by atoms with E-state index in [2.05, 4.69) is 119 Å². The van der Waals surface area contributed by atoms with Crippen LogP contribution >= 0.6 is 11.6 Å². The predicted octanol–water partition coefficient (Wildman–Crippen LogP) is 9.96. The van der Waals surface area contributed by atoms with Crippen molar-refractivity contribution < 1.29 is 9.47 Å². The standard InChI is InChI=1S/C39H50ClN3O2/c1-36(2,3)25-13-23(14-26(17-25)37(4,5)6)32-21-44-34(42-32)30-19-29(40)20-31(41-30)35-43-33(22-45-35)24-15-27(38(7,8)9)18-28(16-24)39(10,11)12/h13-20,32-33H,21-22H2,1-12H3/t32-,33-/m0/s1. The number of hydrogen-bond acceptors (Lipinski definition) is 5. The molecule has 2 atom stereocenters. The lowest BCUT2D eigenvalue weighted by atomic mass is 9.79. The van der Waals surface area contributed by atoms with E-state index in [1.165, 1.54) is 22.3 Å². The normalized spacial score (nSPS) is 19.2. The first-order valence-electron chi connectivity index (χ1n) is 16.1. The first kappa shape index (κ1) is 33.2. The van der Waals surface area contributed by atoms with E-state index >= 15 is 0 Å². The van der Waals surface area contributed by atoms with Crippen LogP contribution in [0.3, 0.4) is 0 Å². The van der Waals surface area contributed by atoms with Gasteiger partial charge in [0.25, 0.3) is 0 Å². The monoisotopic (exact) mass is 627 g/mol. The van der Waals surface area contributed by atoms with Crippen LogP contribution in [-0.2, 0) is 31.1 Å². The summed E-state index contributed by atoms with van der Waals surface area (Å²) in [5, 5.41) is 0.536. The molecule has 0 saturated carbocycles. The fraction of sp³-hybridized carbons (Fsp3) is 0.513. The van der Waals surface area contributed by atoms with Gasteiger partial charge in [-0.1, -0.05) is 131 Å². The Morgan fingerprint density at radius 1 is 0.511 bits per heavy atom. The molecule has 2 aliphatic rings. The zero-order valence-corrected chi connectivity index (χ0v) is 30.0. The lowest BCUT2D eigenvalue weighted by Gasteiger charge is -2.26. The van der Waals surface area contributed by atoms with Gasteiger partial charge >= 0.3 is 0 Å². The van der Waals surface area contributed by atoms with Crippen molar-refractivity contribution in [3.63, 3.8) is 0 Å². The van der Waals surface area contributed by atoms with Gasteiger partial charge in [0.1, 0.15) is 36.7 Å². The second-order valence-electron chi connectivity index (χ2n) is 16.8. The highest BCUT2D eigenvalue weighted by atomic mass is 35.5. The Labute approximate surface area is 275 Å². The van der Waals surface area contributed by atoms with Gasteiger partial charge in [0.15, 0.2) is 0 Å². The van der Waals surface area contributed by atoms with Gasteiger partial charge in [-0.2, -0.15) is 0 Å². The molecule has 0 aliphatic carbocycles. The summed E-state index contributed by atoms with van der Waals surface area (Å²) in [5.74, 6) is 0.982. The molecule has 0 radical (unpaired) electrons. The minimum Gasteiger partial charge on any atom is -0.474 e.